The molecule has 1 aromatic heterocycles. The molecular formula is C21H17ClO4. The first-order valence-electron chi connectivity index (χ1n) is 8.82. The molecule has 5 rings (SSSR count). The Bertz CT molecular complexity index is 1040. The molecule has 0 radical (unpaired) electrons. The second-order valence-corrected chi connectivity index (χ2v) is 7.30. The van der Waals surface area contributed by atoms with E-state index in [1.807, 2.05) is 18.2 Å². The summed E-state index contributed by atoms with van der Waals surface area (Å²) in [5, 5.41) is 1.21. The Balaban J connectivity index is 1.64. The average Bonchev–Trinajstić information content (AvgIpc) is 2.67. The summed E-state index contributed by atoms with van der Waals surface area (Å²) < 4.78 is 17.7. The molecule has 2 aliphatic heterocycles. The molecule has 4 nitrogen and oxygen atoms in total. The Hall–Kier alpha value is -2.30. The van der Waals surface area contributed by atoms with Gasteiger partial charge in [0.05, 0.1) is 17.6 Å². The lowest BCUT2D eigenvalue weighted by molar-refractivity contribution is -0.148. The number of fused-ring (bicyclic) bond motifs is 4. The van der Waals surface area contributed by atoms with Crippen molar-refractivity contribution in [2.75, 3.05) is 6.61 Å². The minimum atomic E-state index is -0.186. The van der Waals surface area contributed by atoms with Crippen molar-refractivity contribution in [2.24, 2.45) is 5.92 Å². The third-order valence-corrected chi connectivity index (χ3v) is 5.50. The summed E-state index contributed by atoms with van der Waals surface area (Å²) in [4.78, 5) is 13.0. The van der Waals surface area contributed by atoms with Crippen molar-refractivity contribution in [3.8, 4) is 16.9 Å². The standard InChI is InChI=1S/C21H17ClO4/c22-14-5-3-12(4-6-14)17-11-25-20-15(19(17)23)7-8-18-16(20)10-13-2-1-9-24-21(13)26-18/h3-8,11,13,21H,1-2,9-10H2. The van der Waals surface area contributed by atoms with Gasteiger partial charge in [0.2, 0.25) is 11.7 Å². The Morgan fingerprint density at radius 2 is 1.92 bits per heavy atom. The molecule has 26 heavy (non-hydrogen) atoms. The topological polar surface area (TPSA) is 48.7 Å². The van der Waals surface area contributed by atoms with Crippen LogP contribution in [0.15, 0.2) is 51.9 Å². The maximum absolute atomic E-state index is 13.0. The molecule has 3 heterocycles. The van der Waals surface area contributed by atoms with E-state index in [0.29, 0.717) is 27.5 Å². The summed E-state index contributed by atoms with van der Waals surface area (Å²) in [6.45, 7) is 0.740. The number of hydrogen-bond acceptors (Lipinski definition) is 4. The molecule has 2 unspecified atom stereocenters. The van der Waals surface area contributed by atoms with Crippen LogP contribution in [0, 0.1) is 5.92 Å². The fourth-order valence-corrected chi connectivity index (χ4v) is 4.03. The molecule has 2 aliphatic rings. The van der Waals surface area contributed by atoms with Crippen LogP contribution in [0.25, 0.3) is 22.1 Å². The average molecular weight is 369 g/mol. The SMILES string of the molecule is O=c1c(-c2ccc(Cl)cc2)coc2c3c(ccc12)OC1OCCCC1C3. The highest BCUT2D eigenvalue weighted by atomic mass is 35.5. The summed E-state index contributed by atoms with van der Waals surface area (Å²) in [5.41, 5.74) is 2.87. The van der Waals surface area contributed by atoms with Gasteiger partial charge in [0, 0.05) is 16.5 Å². The number of rotatable bonds is 1. The van der Waals surface area contributed by atoms with Crippen LogP contribution in [0.4, 0.5) is 0 Å². The van der Waals surface area contributed by atoms with Gasteiger partial charge < -0.3 is 13.9 Å². The third kappa shape index (κ3) is 2.52. The van der Waals surface area contributed by atoms with Crippen molar-refractivity contribution in [1.29, 1.82) is 0 Å². The van der Waals surface area contributed by atoms with E-state index in [2.05, 4.69) is 0 Å². The lowest BCUT2D eigenvalue weighted by Crippen LogP contribution is -2.38. The fraction of sp³-hybridized carbons (Fsp3) is 0.286. The molecule has 0 saturated carbocycles. The molecule has 0 amide bonds. The summed E-state index contributed by atoms with van der Waals surface area (Å²) in [7, 11) is 0. The summed E-state index contributed by atoms with van der Waals surface area (Å²) in [6, 6.07) is 10.8. The van der Waals surface area contributed by atoms with Gasteiger partial charge in [0.25, 0.3) is 0 Å². The lowest BCUT2D eigenvalue weighted by atomic mass is 9.89. The van der Waals surface area contributed by atoms with Gasteiger partial charge in [0.1, 0.15) is 17.6 Å². The van der Waals surface area contributed by atoms with Gasteiger partial charge in [-0.1, -0.05) is 23.7 Å². The molecule has 132 valence electrons. The van der Waals surface area contributed by atoms with E-state index in [1.54, 1.807) is 18.2 Å². The van der Waals surface area contributed by atoms with E-state index in [0.717, 1.165) is 42.7 Å². The summed E-state index contributed by atoms with van der Waals surface area (Å²) >= 11 is 5.94. The van der Waals surface area contributed by atoms with Gasteiger partial charge in [-0.25, -0.2) is 0 Å². The Kier molecular flexibility index (Phi) is 3.76. The lowest BCUT2D eigenvalue weighted by Gasteiger charge is -2.36. The van der Waals surface area contributed by atoms with Crippen molar-refractivity contribution in [3.63, 3.8) is 0 Å². The molecule has 2 aromatic carbocycles. The maximum atomic E-state index is 13.0. The molecular weight excluding hydrogens is 352 g/mol. The first-order valence-corrected chi connectivity index (χ1v) is 9.20. The molecule has 3 aromatic rings. The molecule has 0 aliphatic carbocycles. The van der Waals surface area contributed by atoms with Crippen LogP contribution in [0.3, 0.4) is 0 Å². The van der Waals surface area contributed by atoms with Crippen LogP contribution >= 0.6 is 11.6 Å². The number of ether oxygens (including phenoxy) is 2. The van der Waals surface area contributed by atoms with Crippen molar-refractivity contribution >= 4 is 22.6 Å². The van der Waals surface area contributed by atoms with Crippen LogP contribution in [0.1, 0.15) is 18.4 Å². The Morgan fingerprint density at radius 3 is 2.77 bits per heavy atom. The second kappa shape index (κ2) is 6.15. The molecule has 0 N–H and O–H groups in total. The molecule has 2 atom stereocenters. The highest BCUT2D eigenvalue weighted by Crippen LogP contribution is 2.39. The quantitative estimate of drug-likeness (QED) is 0.619. The largest absolute Gasteiger partial charge is 0.464 e. The van der Waals surface area contributed by atoms with E-state index < -0.39 is 0 Å². The van der Waals surface area contributed by atoms with Crippen LogP contribution in [-0.2, 0) is 11.2 Å². The highest BCUT2D eigenvalue weighted by Gasteiger charge is 2.34. The predicted octanol–water partition coefficient (Wildman–Crippen LogP) is 4.80. The summed E-state index contributed by atoms with van der Waals surface area (Å²) in [6.07, 6.45) is 4.26. The van der Waals surface area contributed by atoms with Crippen molar-refractivity contribution < 1.29 is 13.9 Å². The minimum absolute atomic E-state index is 0.0432. The van der Waals surface area contributed by atoms with Gasteiger partial charge >= 0.3 is 0 Å². The second-order valence-electron chi connectivity index (χ2n) is 6.87. The molecule has 5 heteroatoms. The molecule has 1 fully saturated rings. The van der Waals surface area contributed by atoms with Crippen LogP contribution in [0.5, 0.6) is 5.75 Å². The van der Waals surface area contributed by atoms with E-state index in [4.69, 9.17) is 25.5 Å². The smallest absolute Gasteiger partial charge is 0.202 e. The van der Waals surface area contributed by atoms with Gasteiger partial charge in [-0.15, -0.1) is 0 Å². The monoisotopic (exact) mass is 368 g/mol. The van der Waals surface area contributed by atoms with Crippen LogP contribution in [-0.4, -0.2) is 12.9 Å². The van der Waals surface area contributed by atoms with E-state index >= 15 is 0 Å². The fourth-order valence-electron chi connectivity index (χ4n) is 3.90. The summed E-state index contributed by atoms with van der Waals surface area (Å²) in [5.74, 6) is 1.06. The maximum Gasteiger partial charge on any atom is 0.202 e. The van der Waals surface area contributed by atoms with Gasteiger partial charge in [-0.05, 0) is 49.1 Å². The molecule has 0 bridgehead atoms. The van der Waals surface area contributed by atoms with Gasteiger partial charge in [-0.3, -0.25) is 4.79 Å². The van der Waals surface area contributed by atoms with Gasteiger partial charge in [0.15, 0.2) is 0 Å². The minimum Gasteiger partial charge on any atom is -0.464 e. The van der Waals surface area contributed by atoms with E-state index in [9.17, 15) is 4.79 Å². The third-order valence-electron chi connectivity index (χ3n) is 5.25. The zero-order valence-corrected chi connectivity index (χ0v) is 14.8. The normalized spacial score (nSPS) is 21.7. The highest BCUT2D eigenvalue weighted by molar-refractivity contribution is 6.30. The number of hydrogen-bond donors (Lipinski definition) is 0. The van der Waals surface area contributed by atoms with Crippen molar-refractivity contribution in [3.05, 3.63) is 63.5 Å². The Morgan fingerprint density at radius 1 is 1.08 bits per heavy atom. The van der Waals surface area contributed by atoms with Crippen molar-refractivity contribution in [2.45, 2.75) is 25.6 Å². The number of halogens is 1. The number of benzene rings is 2. The zero-order valence-electron chi connectivity index (χ0n) is 14.0. The van der Waals surface area contributed by atoms with E-state index in [1.165, 1.54) is 6.26 Å². The Labute approximate surface area is 155 Å². The molecule has 1 saturated heterocycles. The van der Waals surface area contributed by atoms with E-state index in [-0.39, 0.29) is 11.7 Å². The first-order chi connectivity index (χ1) is 12.7. The van der Waals surface area contributed by atoms with Crippen LogP contribution in [0.2, 0.25) is 5.02 Å². The predicted molar refractivity (Wildman–Crippen MR) is 99.7 cm³/mol. The van der Waals surface area contributed by atoms with Crippen LogP contribution < -0.4 is 10.2 Å². The zero-order chi connectivity index (χ0) is 17.7. The van der Waals surface area contributed by atoms with Gasteiger partial charge in [-0.2, -0.15) is 0 Å². The van der Waals surface area contributed by atoms with Crippen molar-refractivity contribution in [1.82, 2.24) is 0 Å². The first kappa shape index (κ1) is 15.9. The molecule has 0 spiro atoms.